The zero-order valence-electron chi connectivity index (χ0n) is 17.5. The minimum absolute atomic E-state index is 0.0324. The van der Waals surface area contributed by atoms with Crippen molar-refractivity contribution in [3.63, 3.8) is 0 Å². The van der Waals surface area contributed by atoms with Gasteiger partial charge in [0.2, 0.25) is 5.89 Å². The van der Waals surface area contributed by atoms with Gasteiger partial charge < -0.3 is 13.9 Å². The molecule has 2 aliphatic rings. The standard InChI is InChI=1S/C18H29N3O6S2/c1-17(2,3)27-16(22)21-13(9-25-18(21,4)5)10-28-15-20-19-14(26-15)8-12-6-7-29(23,24)11-12/h12-13H,6-11H2,1-5H3/t12-,13+/m1/s1. The number of aromatic nitrogens is 2. The first kappa shape index (κ1) is 22.4. The number of carbonyl (C=O) groups is 1. The molecule has 164 valence electrons. The lowest BCUT2D eigenvalue weighted by Gasteiger charge is -2.34. The lowest BCUT2D eigenvalue weighted by atomic mass is 10.1. The summed E-state index contributed by atoms with van der Waals surface area (Å²) in [4.78, 5) is 14.3. The van der Waals surface area contributed by atoms with Crippen LogP contribution in [-0.4, -0.2) is 70.8 Å². The van der Waals surface area contributed by atoms with Crippen LogP contribution in [0.2, 0.25) is 0 Å². The van der Waals surface area contributed by atoms with Crippen LogP contribution in [0.1, 0.15) is 46.9 Å². The van der Waals surface area contributed by atoms with Crippen molar-refractivity contribution in [1.82, 2.24) is 15.1 Å². The average molecular weight is 448 g/mol. The fourth-order valence-corrected chi connectivity index (χ4v) is 6.21. The number of hydrogen-bond acceptors (Lipinski definition) is 9. The van der Waals surface area contributed by atoms with Gasteiger partial charge in [0.15, 0.2) is 9.84 Å². The molecule has 2 saturated heterocycles. The van der Waals surface area contributed by atoms with E-state index in [1.807, 2.05) is 34.6 Å². The van der Waals surface area contributed by atoms with Crippen molar-refractivity contribution in [2.45, 2.75) is 70.1 Å². The molecule has 3 rings (SSSR count). The molecule has 0 spiro atoms. The number of ether oxygens (including phenoxy) is 2. The maximum Gasteiger partial charge on any atom is 0.412 e. The van der Waals surface area contributed by atoms with E-state index >= 15 is 0 Å². The van der Waals surface area contributed by atoms with E-state index in [2.05, 4.69) is 10.2 Å². The minimum Gasteiger partial charge on any atom is -0.444 e. The maximum atomic E-state index is 12.7. The Kier molecular flexibility index (Phi) is 6.22. The second kappa shape index (κ2) is 8.07. The fraction of sp³-hybridized carbons (Fsp3) is 0.833. The van der Waals surface area contributed by atoms with Gasteiger partial charge in [-0.15, -0.1) is 10.2 Å². The number of carbonyl (C=O) groups excluding carboxylic acids is 1. The molecule has 0 bridgehead atoms. The molecule has 1 aromatic rings. The van der Waals surface area contributed by atoms with Crippen molar-refractivity contribution in [2.24, 2.45) is 5.92 Å². The minimum atomic E-state index is -2.93. The second-order valence-electron chi connectivity index (χ2n) is 9.01. The Labute approximate surface area is 175 Å². The van der Waals surface area contributed by atoms with Crippen molar-refractivity contribution < 1.29 is 27.1 Å². The number of sulfone groups is 1. The van der Waals surface area contributed by atoms with Crippen LogP contribution in [-0.2, 0) is 25.7 Å². The highest BCUT2D eigenvalue weighted by molar-refractivity contribution is 7.99. The predicted molar refractivity (Wildman–Crippen MR) is 107 cm³/mol. The molecule has 11 heteroatoms. The highest BCUT2D eigenvalue weighted by atomic mass is 32.2. The van der Waals surface area contributed by atoms with Crippen LogP contribution in [0.25, 0.3) is 0 Å². The molecule has 9 nitrogen and oxygen atoms in total. The third-order valence-electron chi connectivity index (χ3n) is 4.80. The van der Waals surface area contributed by atoms with Gasteiger partial charge in [-0.3, -0.25) is 4.90 Å². The van der Waals surface area contributed by atoms with Crippen LogP contribution in [0, 0.1) is 5.92 Å². The van der Waals surface area contributed by atoms with E-state index in [0.29, 0.717) is 36.3 Å². The lowest BCUT2D eigenvalue weighted by molar-refractivity contribution is -0.0617. The lowest BCUT2D eigenvalue weighted by Crippen LogP contribution is -2.50. The second-order valence-corrected chi connectivity index (χ2v) is 12.2. The third-order valence-corrected chi connectivity index (χ3v) is 7.60. The van der Waals surface area contributed by atoms with Gasteiger partial charge in [-0.05, 0) is 47.0 Å². The Balaban J connectivity index is 1.57. The fourth-order valence-electron chi connectivity index (χ4n) is 3.51. The Morgan fingerprint density at radius 3 is 2.69 bits per heavy atom. The van der Waals surface area contributed by atoms with Crippen LogP contribution in [0.4, 0.5) is 4.79 Å². The smallest absolute Gasteiger partial charge is 0.412 e. The van der Waals surface area contributed by atoms with Gasteiger partial charge in [-0.2, -0.15) is 0 Å². The quantitative estimate of drug-likeness (QED) is 0.628. The summed E-state index contributed by atoms with van der Waals surface area (Å²) in [5.74, 6) is 1.40. The molecule has 3 heterocycles. The Hall–Kier alpha value is -1.33. The summed E-state index contributed by atoms with van der Waals surface area (Å²) in [6.07, 6.45) is 0.683. The molecule has 0 N–H and O–H groups in total. The molecule has 2 atom stereocenters. The number of nitrogens with zero attached hydrogens (tertiary/aromatic N) is 3. The van der Waals surface area contributed by atoms with Gasteiger partial charge in [0, 0.05) is 12.2 Å². The largest absolute Gasteiger partial charge is 0.444 e. The first-order valence-electron chi connectivity index (χ1n) is 9.66. The molecule has 1 amide bonds. The van der Waals surface area contributed by atoms with E-state index in [1.54, 1.807) is 4.90 Å². The van der Waals surface area contributed by atoms with Crippen LogP contribution in [0.3, 0.4) is 0 Å². The van der Waals surface area contributed by atoms with Gasteiger partial charge in [-0.25, -0.2) is 13.2 Å². The first-order valence-corrected chi connectivity index (χ1v) is 12.5. The summed E-state index contributed by atoms with van der Waals surface area (Å²) in [6, 6.07) is -0.194. The molecule has 1 aromatic heterocycles. The Bertz CT molecular complexity index is 846. The van der Waals surface area contributed by atoms with E-state index in [0.717, 1.165) is 0 Å². The topological polar surface area (TPSA) is 112 Å². The SMILES string of the molecule is CC(C)(C)OC(=O)N1[C@H](CSc2nnc(C[C@H]3CCS(=O)(=O)C3)o2)COC1(C)C. The highest BCUT2D eigenvalue weighted by Crippen LogP contribution is 2.32. The van der Waals surface area contributed by atoms with Crippen LogP contribution >= 0.6 is 11.8 Å². The predicted octanol–water partition coefficient (Wildman–Crippen LogP) is 2.51. The van der Waals surface area contributed by atoms with Crippen molar-refractivity contribution in [2.75, 3.05) is 23.9 Å². The maximum absolute atomic E-state index is 12.7. The van der Waals surface area contributed by atoms with E-state index in [4.69, 9.17) is 13.9 Å². The molecule has 0 aliphatic carbocycles. The van der Waals surface area contributed by atoms with Gasteiger partial charge in [-0.1, -0.05) is 11.8 Å². The molecule has 2 fully saturated rings. The highest BCUT2D eigenvalue weighted by Gasteiger charge is 2.45. The van der Waals surface area contributed by atoms with E-state index in [-0.39, 0.29) is 23.5 Å². The van der Waals surface area contributed by atoms with Crippen LogP contribution in [0.5, 0.6) is 0 Å². The molecule has 2 aliphatic heterocycles. The normalized spacial score (nSPS) is 26.0. The zero-order chi connectivity index (χ0) is 21.4. The number of thioether (sulfide) groups is 1. The third kappa shape index (κ3) is 5.85. The van der Waals surface area contributed by atoms with E-state index in [1.165, 1.54) is 11.8 Å². The zero-order valence-corrected chi connectivity index (χ0v) is 19.1. The molecular weight excluding hydrogens is 418 g/mol. The summed E-state index contributed by atoms with van der Waals surface area (Å²) in [6.45, 7) is 9.54. The molecule has 0 unspecified atom stereocenters. The van der Waals surface area contributed by atoms with Crippen LogP contribution < -0.4 is 0 Å². The summed E-state index contributed by atoms with van der Waals surface area (Å²) >= 11 is 1.35. The molecule has 29 heavy (non-hydrogen) atoms. The number of hydrogen-bond donors (Lipinski definition) is 0. The van der Waals surface area contributed by atoms with Gasteiger partial charge >= 0.3 is 6.09 Å². The molecule has 0 radical (unpaired) electrons. The van der Waals surface area contributed by atoms with Crippen molar-refractivity contribution in [3.8, 4) is 0 Å². The summed E-state index contributed by atoms with van der Waals surface area (Å²) in [5.41, 5.74) is -1.36. The molecule has 0 saturated carbocycles. The van der Waals surface area contributed by atoms with Gasteiger partial charge in [0.1, 0.15) is 11.3 Å². The molecule has 0 aromatic carbocycles. The van der Waals surface area contributed by atoms with E-state index in [9.17, 15) is 13.2 Å². The summed E-state index contributed by atoms with van der Waals surface area (Å²) < 4.78 is 40.2. The van der Waals surface area contributed by atoms with Gasteiger partial charge in [0.25, 0.3) is 5.22 Å². The number of rotatable bonds is 5. The Morgan fingerprint density at radius 1 is 1.34 bits per heavy atom. The summed E-state index contributed by atoms with van der Waals surface area (Å²) in [5, 5.41) is 8.48. The average Bonchev–Trinajstić information content (AvgIpc) is 3.21. The van der Waals surface area contributed by atoms with Gasteiger partial charge in [0.05, 0.1) is 24.2 Å². The Morgan fingerprint density at radius 2 is 2.07 bits per heavy atom. The first-order chi connectivity index (χ1) is 13.3. The van der Waals surface area contributed by atoms with Crippen LogP contribution in [0.15, 0.2) is 9.64 Å². The number of amides is 1. The molecular formula is C18H29N3O6S2. The van der Waals surface area contributed by atoms with Crippen molar-refractivity contribution in [3.05, 3.63) is 5.89 Å². The van der Waals surface area contributed by atoms with E-state index < -0.39 is 27.3 Å². The monoisotopic (exact) mass is 447 g/mol. The summed E-state index contributed by atoms with van der Waals surface area (Å²) in [7, 11) is -2.93. The van der Waals surface area contributed by atoms with Crippen molar-refractivity contribution in [1.29, 1.82) is 0 Å². The van der Waals surface area contributed by atoms with Crippen molar-refractivity contribution >= 4 is 27.7 Å².